The van der Waals surface area contributed by atoms with E-state index in [9.17, 15) is 24.6 Å². The number of para-hydroxylation sites is 1. The number of nitrogens with one attached hydrogen (secondary N) is 5. The molecule has 12 heteroatoms. The van der Waals surface area contributed by atoms with Gasteiger partial charge >= 0.3 is 5.97 Å². The molecule has 33 heavy (non-hydrogen) atoms. The fraction of sp³-hybridized carbons (Fsp3) is 0.429. The Morgan fingerprint density at radius 1 is 1.18 bits per heavy atom. The van der Waals surface area contributed by atoms with Gasteiger partial charge in [-0.15, -0.1) is 0 Å². The second-order valence-electron chi connectivity index (χ2n) is 7.78. The maximum absolute atomic E-state index is 12.9. The quantitative estimate of drug-likeness (QED) is 0.105. The van der Waals surface area contributed by atoms with Gasteiger partial charge in [0.2, 0.25) is 11.8 Å². The highest BCUT2D eigenvalue weighted by Crippen LogP contribution is 2.19. The van der Waals surface area contributed by atoms with E-state index >= 15 is 0 Å². The van der Waals surface area contributed by atoms with Crippen LogP contribution in [0.15, 0.2) is 30.5 Å². The molecule has 0 spiro atoms. The number of H-pyrrole nitrogens is 1. The van der Waals surface area contributed by atoms with E-state index in [1.165, 1.54) is 6.92 Å². The molecule has 0 saturated carbocycles. The van der Waals surface area contributed by atoms with E-state index in [2.05, 4.69) is 20.9 Å². The summed E-state index contributed by atoms with van der Waals surface area (Å²) in [6.07, 6.45) is 1.20. The molecule has 0 unspecified atom stereocenters. The van der Waals surface area contributed by atoms with Gasteiger partial charge in [0, 0.05) is 30.1 Å². The number of aliphatic carboxylic acids is 1. The van der Waals surface area contributed by atoms with E-state index in [1.54, 1.807) is 6.20 Å². The first-order valence-electron chi connectivity index (χ1n) is 10.5. The number of aromatic nitrogens is 1. The highest BCUT2D eigenvalue weighted by Gasteiger charge is 2.31. The Balaban J connectivity index is 2.15. The van der Waals surface area contributed by atoms with Crippen molar-refractivity contribution in [1.82, 2.24) is 20.9 Å². The number of carboxylic acid groups (broad SMARTS) is 1. The molecule has 2 rings (SSSR count). The molecule has 11 N–H and O–H groups in total. The predicted octanol–water partition coefficient (Wildman–Crippen LogP) is -1.26. The number of aromatic amines is 1. The van der Waals surface area contributed by atoms with Crippen LogP contribution in [-0.4, -0.2) is 69.7 Å². The zero-order valence-electron chi connectivity index (χ0n) is 18.3. The van der Waals surface area contributed by atoms with Crippen molar-refractivity contribution in [3.63, 3.8) is 0 Å². The van der Waals surface area contributed by atoms with Crippen LogP contribution < -0.4 is 27.4 Å². The van der Waals surface area contributed by atoms with Crippen LogP contribution in [0.2, 0.25) is 0 Å². The van der Waals surface area contributed by atoms with Crippen LogP contribution in [0.4, 0.5) is 0 Å². The number of carbonyl (C=O) groups excluding carboxylic acids is 2. The Bertz CT molecular complexity index is 990. The molecule has 1 heterocycles. The summed E-state index contributed by atoms with van der Waals surface area (Å²) in [5.41, 5.74) is 12.7. The summed E-state index contributed by atoms with van der Waals surface area (Å²) in [6, 6.07) is 3.84. The summed E-state index contributed by atoms with van der Waals surface area (Å²) in [7, 11) is 0. The van der Waals surface area contributed by atoms with Crippen molar-refractivity contribution >= 4 is 34.6 Å². The second kappa shape index (κ2) is 11.8. The van der Waals surface area contributed by atoms with E-state index in [1.807, 2.05) is 24.3 Å². The van der Waals surface area contributed by atoms with Gasteiger partial charge in [0.25, 0.3) is 0 Å². The van der Waals surface area contributed by atoms with Crippen molar-refractivity contribution in [2.45, 2.75) is 50.4 Å². The van der Waals surface area contributed by atoms with Gasteiger partial charge < -0.3 is 42.6 Å². The molecule has 2 amide bonds. The normalized spacial score (nSPS) is 14.6. The summed E-state index contributed by atoms with van der Waals surface area (Å²) >= 11 is 0. The lowest BCUT2D eigenvalue weighted by atomic mass is 10.0. The highest BCUT2D eigenvalue weighted by atomic mass is 16.4. The number of nitrogens with two attached hydrogens (primary N) is 2. The lowest BCUT2D eigenvalue weighted by molar-refractivity contribution is -0.145. The van der Waals surface area contributed by atoms with Crippen LogP contribution in [0, 0.1) is 5.41 Å². The number of amides is 2. The van der Waals surface area contributed by atoms with Crippen LogP contribution in [-0.2, 0) is 20.8 Å². The van der Waals surface area contributed by atoms with Crippen LogP contribution in [0.3, 0.4) is 0 Å². The molecule has 0 saturated heterocycles. The topological polar surface area (TPSA) is 219 Å². The summed E-state index contributed by atoms with van der Waals surface area (Å²) in [6.45, 7) is 1.61. The molecule has 0 bridgehead atoms. The fourth-order valence-electron chi connectivity index (χ4n) is 3.33. The minimum absolute atomic E-state index is 0.0757. The molecule has 0 aliphatic heterocycles. The standard InChI is InChI=1S/C21H31N7O5/c1-11(29)17(20(32)33)28-19(31)16(9-12-10-26-15-7-3-2-5-13(12)15)27-18(30)14(22)6-4-8-25-21(23)24/h2-3,5,7,10-11,14,16-17,26,29H,4,6,8-9,22H2,1H3,(H,27,30)(H,28,31)(H,32,33)(H4,23,24,25)/t11-,14+,16+,17+/m1/s1. The van der Waals surface area contributed by atoms with Crippen molar-refractivity contribution in [3.8, 4) is 0 Å². The summed E-state index contributed by atoms with van der Waals surface area (Å²) in [5.74, 6) is -2.92. The van der Waals surface area contributed by atoms with Crippen molar-refractivity contribution < 1.29 is 24.6 Å². The monoisotopic (exact) mass is 461 g/mol. The lowest BCUT2D eigenvalue weighted by Gasteiger charge is -2.24. The third-order valence-electron chi connectivity index (χ3n) is 5.12. The van der Waals surface area contributed by atoms with Gasteiger partial charge in [-0.05, 0) is 31.4 Å². The molecular weight excluding hydrogens is 430 g/mol. The number of aliphatic hydroxyl groups is 1. The smallest absolute Gasteiger partial charge is 0.328 e. The second-order valence-corrected chi connectivity index (χ2v) is 7.78. The van der Waals surface area contributed by atoms with Crippen molar-refractivity contribution in [2.75, 3.05) is 6.54 Å². The molecule has 0 aliphatic carbocycles. The Labute approximate surface area is 190 Å². The summed E-state index contributed by atoms with van der Waals surface area (Å²) in [5, 5.41) is 34.5. The van der Waals surface area contributed by atoms with Gasteiger partial charge in [0.15, 0.2) is 12.0 Å². The molecule has 4 atom stereocenters. The number of carbonyl (C=O) groups is 3. The predicted molar refractivity (Wildman–Crippen MR) is 122 cm³/mol. The molecule has 2 aromatic rings. The first-order valence-corrected chi connectivity index (χ1v) is 10.5. The lowest BCUT2D eigenvalue weighted by Crippen LogP contribution is -2.57. The highest BCUT2D eigenvalue weighted by molar-refractivity contribution is 5.93. The maximum Gasteiger partial charge on any atom is 0.328 e. The third kappa shape index (κ3) is 7.47. The minimum atomic E-state index is -1.54. The summed E-state index contributed by atoms with van der Waals surface area (Å²) in [4.78, 5) is 40.1. The van der Waals surface area contributed by atoms with Gasteiger partial charge in [-0.25, -0.2) is 4.79 Å². The Kier molecular flexibility index (Phi) is 9.18. The van der Waals surface area contributed by atoms with Crippen LogP contribution in [0.25, 0.3) is 10.9 Å². The van der Waals surface area contributed by atoms with Gasteiger partial charge in [0.1, 0.15) is 6.04 Å². The Morgan fingerprint density at radius 3 is 2.52 bits per heavy atom. The van der Waals surface area contributed by atoms with Crippen LogP contribution >= 0.6 is 0 Å². The maximum atomic E-state index is 12.9. The van der Waals surface area contributed by atoms with Gasteiger partial charge in [-0.1, -0.05) is 18.2 Å². The number of benzene rings is 1. The average molecular weight is 462 g/mol. The number of aliphatic hydroxyl groups excluding tert-OH is 1. The molecule has 0 fully saturated rings. The van der Waals surface area contributed by atoms with E-state index in [-0.39, 0.29) is 18.8 Å². The van der Waals surface area contributed by atoms with Gasteiger partial charge in [-0.2, -0.15) is 0 Å². The van der Waals surface area contributed by atoms with Crippen LogP contribution in [0.5, 0.6) is 0 Å². The number of carboxylic acids is 1. The van der Waals surface area contributed by atoms with Crippen LogP contribution in [0.1, 0.15) is 25.3 Å². The van der Waals surface area contributed by atoms with E-state index in [4.69, 9.17) is 16.9 Å². The molecular formula is C21H31N7O5. The fourth-order valence-corrected chi connectivity index (χ4v) is 3.33. The van der Waals surface area contributed by atoms with E-state index in [0.717, 1.165) is 16.5 Å². The van der Waals surface area contributed by atoms with Crippen molar-refractivity contribution in [3.05, 3.63) is 36.0 Å². The van der Waals surface area contributed by atoms with Gasteiger partial charge in [0.05, 0.1) is 12.1 Å². The molecule has 1 aromatic carbocycles. The molecule has 0 aliphatic rings. The number of guanidine groups is 1. The number of rotatable bonds is 12. The minimum Gasteiger partial charge on any atom is -0.480 e. The molecule has 180 valence electrons. The zero-order chi connectivity index (χ0) is 24.5. The Hall–Kier alpha value is -3.64. The Morgan fingerprint density at radius 2 is 1.88 bits per heavy atom. The average Bonchev–Trinajstić information content (AvgIpc) is 3.16. The molecule has 0 radical (unpaired) electrons. The van der Waals surface area contributed by atoms with E-state index < -0.39 is 42.0 Å². The third-order valence-corrected chi connectivity index (χ3v) is 5.12. The molecule has 12 nitrogen and oxygen atoms in total. The first kappa shape index (κ1) is 25.6. The summed E-state index contributed by atoms with van der Waals surface area (Å²) < 4.78 is 0. The number of hydrogen-bond acceptors (Lipinski definition) is 6. The zero-order valence-corrected chi connectivity index (χ0v) is 18.3. The molecule has 1 aromatic heterocycles. The van der Waals surface area contributed by atoms with E-state index in [0.29, 0.717) is 13.0 Å². The van der Waals surface area contributed by atoms with Gasteiger partial charge in [-0.3, -0.25) is 15.0 Å². The SMILES string of the molecule is C[C@@H](O)[C@H](NC(=O)[C@H](Cc1c[nH]c2ccccc12)NC(=O)[C@@H](N)CCCNC(=N)N)C(=O)O. The van der Waals surface area contributed by atoms with Crippen molar-refractivity contribution in [1.29, 1.82) is 5.41 Å². The largest absolute Gasteiger partial charge is 0.480 e. The number of fused-ring (bicyclic) bond motifs is 1. The first-order chi connectivity index (χ1) is 15.6. The van der Waals surface area contributed by atoms with Crippen molar-refractivity contribution in [2.24, 2.45) is 11.5 Å². The number of hydrogen-bond donors (Lipinski definition) is 9.